The number of fused-ring (bicyclic) bond motifs is 1. The third kappa shape index (κ3) is 2.41. The van der Waals surface area contributed by atoms with Crippen LogP contribution in [0.1, 0.15) is 37.0 Å². The van der Waals surface area contributed by atoms with Crippen LogP contribution >= 0.6 is 0 Å². The van der Waals surface area contributed by atoms with E-state index in [2.05, 4.69) is 34.4 Å². The third-order valence-electron chi connectivity index (χ3n) is 4.71. The molecule has 1 aliphatic rings. The molecule has 5 nitrogen and oxygen atoms in total. The van der Waals surface area contributed by atoms with Crippen molar-refractivity contribution in [3.8, 4) is 0 Å². The summed E-state index contributed by atoms with van der Waals surface area (Å²) in [6, 6.07) is 14.4. The molecule has 2 aromatic carbocycles. The summed E-state index contributed by atoms with van der Waals surface area (Å²) >= 11 is 0. The first-order valence-corrected chi connectivity index (χ1v) is 9.72. The molecular formula is C18H18N2O3S. The predicted molar refractivity (Wildman–Crippen MR) is 91.8 cm³/mol. The molecule has 1 aliphatic heterocycles. The Hall–Kier alpha value is -2.21. The topological polar surface area (TPSA) is 73.1 Å². The normalized spacial score (nSPS) is 19.8. The van der Waals surface area contributed by atoms with E-state index in [1.165, 1.54) is 5.39 Å². The molecular weight excluding hydrogens is 324 g/mol. The van der Waals surface area contributed by atoms with E-state index in [1.54, 1.807) is 0 Å². The molecule has 0 radical (unpaired) electrons. The van der Waals surface area contributed by atoms with Gasteiger partial charge in [0.15, 0.2) is 15.7 Å². The van der Waals surface area contributed by atoms with Gasteiger partial charge in [0.05, 0.1) is 16.9 Å². The fraction of sp³-hybridized carbons (Fsp3) is 0.333. The Kier molecular flexibility index (Phi) is 3.28. The van der Waals surface area contributed by atoms with Crippen molar-refractivity contribution in [2.45, 2.75) is 25.2 Å². The predicted octanol–water partition coefficient (Wildman–Crippen LogP) is 3.06. The van der Waals surface area contributed by atoms with Crippen LogP contribution in [0.4, 0.5) is 0 Å². The van der Waals surface area contributed by atoms with Gasteiger partial charge < -0.3 is 4.52 Å². The van der Waals surface area contributed by atoms with Crippen LogP contribution in [0.5, 0.6) is 0 Å². The smallest absolute Gasteiger partial charge is 0.234 e. The Morgan fingerprint density at radius 3 is 2.58 bits per heavy atom. The lowest BCUT2D eigenvalue weighted by molar-refractivity contribution is 0.307. The number of nitrogens with zero attached hydrogens (tertiary/aromatic N) is 2. The molecule has 6 heteroatoms. The lowest BCUT2D eigenvalue weighted by Crippen LogP contribution is -2.50. The molecule has 0 saturated carbocycles. The lowest BCUT2D eigenvalue weighted by atomic mass is 9.93. The fourth-order valence-electron chi connectivity index (χ4n) is 3.47. The molecule has 3 aromatic rings. The second kappa shape index (κ2) is 5.14. The zero-order valence-electron chi connectivity index (χ0n) is 13.6. The van der Waals surface area contributed by atoms with Gasteiger partial charge in [-0.2, -0.15) is 4.98 Å². The maximum absolute atomic E-state index is 11.5. The first kappa shape index (κ1) is 15.3. The number of hydrogen-bond acceptors (Lipinski definition) is 5. The van der Waals surface area contributed by atoms with Crippen LogP contribution in [0.25, 0.3) is 10.8 Å². The summed E-state index contributed by atoms with van der Waals surface area (Å²) in [7, 11) is -2.96. The quantitative estimate of drug-likeness (QED) is 0.731. The molecule has 0 aliphatic carbocycles. The van der Waals surface area contributed by atoms with Gasteiger partial charge in [-0.1, -0.05) is 54.5 Å². The number of hydrogen-bond donors (Lipinski definition) is 0. The molecule has 24 heavy (non-hydrogen) atoms. The summed E-state index contributed by atoms with van der Waals surface area (Å²) in [6.45, 7) is 3.89. The largest absolute Gasteiger partial charge is 0.339 e. The van der Waals surface area contributed by atoms with E-state index in [9.17, 15) is 8.42 Å². The number of aromatic nitrogens is 2. The van der Waals surface area contributed by atoms with Crippen molar-refractivity contribution in [1.82, 2.24) is 10.1 Å². The standard InChI is InChI=1S/C18H18N2O3S/c1-12(14-9-5-7-13-6-3-4-8-15(13)14)16-19-17(23-20-16)18(2)10-24(21,22)11-18/h3-9,12H,10-11H2,1-2H3. The molecule has 1 fully saturated rings. The minimum atomic E-state index is -2.96. The SMILES string of the molecule is CC(c1noc(C2(C)CS(=O)(=O)C2)n1)c1cccc2ccccc12. The highest BCUT2D eigenvalue weighted by atomic mass is 32.2. The monoisotopic (exact) mass is 342 g/mol. The highest BCUT2D eigenvalue weighted by Crippen LogP contribution is 2.36. The summed E-state index contributed by atoms with van der Waals surface area (Å²) in [4.78, 5) is 4.51. The van der Waals surface area contributed by atoms with Gasteiger partial charge in [-0.25, -0.2) is 8.42 Å². The van der Waals surface area contributed by atoms with Gasteiger partial charge in [0.2, 0.25) is 5.89 Å². The van der Waals surface area contributed by atoms with E-state index < -0.39 is 15.3 Å². The Balaban J connectivity index is 1.69. The van der Waals surface area contributed by atoms with Gasteiger partial charge >= 0.3 is 0 Å². The van der Waals surface area contributed by atoms with E-state index in [0.29, 0.717) is 11.7 Å². The number of benzene rings is 2. The number of rotatable bonds is 3. The maximum atomic E-state index is 11.5. The van der Waals surface area contributed by atoms with Crippen LogP contribution in [0.3, 0.4) is 0 Å². The molecule has 124 valence electrons. The van der Waals surface area contributed by atoms with E-state index in [-0.39, 0.29) is 17.4 Å². The average molecular weight is 342 g/mol. The summed E-state index contributed by atoms with van der Waals surface area (Å²) in [6.07, 6.45) is 0. The zero-order valence-corrected chi connectivity index (χ0v) is 14.4. The van der Waals surface area contributed by atoms with Crippen molar-refractivity contribution >= 4 is 20.6 Å². The lowest BCUT2D eigenvalue weighted by Gasteiger charge is -2.33. The van der Waals surface area contributed by atoms with Crippen LogP contribution in [0, 0.1) is 0 Å². The van der Waals surface area contributed by atoms with Crippen LogP contribution in [-0.2, 0) is 15.3 Å². The average Bonchev–Trinajstić information content (AvgIpc) is 3.02. The van der Waals surface area contributed by atoms with E-state index in [0.717, 1.165) is 10.9 Å². The highest BCUT2D eigenvalue weighted by molar-refractivity contribution is 7.93. The molecule has 0 spiro atoms. The van der Waals surface area contributed by atoms with E-state index >= 15 is 0 Å². The molecule has 1 atom stereocenters. The number of sulfone groups is 1. The van der Waals surface area contributed by atoms with Gasteiger partial charge in [0.1, 0.15) is 0 Å². The second-order valence-corrected chi connectivity index (χ2v) is 8.91. The van der Waals surface area contributed by atoms with E-state index in [1.807, 2.05) is 32.0 Å². The molecule has 0 bridgehead atoms. The summed E-state index contributed by atoms with van der Waals surface area (Å²) in [5.74, 6) is 1.12. The molecule has 2 heterocycles. The van der Waals surface area contributed by atoms with Crippen molar-refractivity contribution in [3.63, 3.8) is 0 Å². The molecule has 4 rings (SSSR count). The summed E-state index contributed by atoms with van der Waals surface area (Å²) in [5.41, 5.74) is 0.578. The minimum absolute atomic E-state index is 0.0334. The Morgan fingerprint density at radius 1 is 1.12 bits per heavy atom. The van der Waals surface area contributed by atoms with Crippen LogP contribution in [0.2, 0.25) is 0 Å². The Labute approximate surface area is 140 Å². The Bertz CT molecular complexity index is 1010. The van der Waals surface area contributed by atoms with Crippen molar-refractivity contribution in [1.29, 1.82) is 0 Å². The van der Waals surface area contributed by atoms with E-state index in [4.69, 9.17) is 4.52 Å². The summed E-state index contributed by atoms with van der Waals surface area (Å²) < 4.78 is 28.4. The van der Waals surface area contributed by atoms with Crippen molar-refractivity contribution in [2.75, 3.05) is 11.5 Å². The van der Waals surface area contributed by atoms with Crippen molar-refractivity contribution in [3.05, 3.63) is 59.7 Å². The van der Waals surface area contributed by atoms with Crippen molar-refractivity contribution < 1.29 is 12.9 Å². The zero-order chi connectivity index (χ0) is 16.9. The minimum Gasteiger partial charge on any atom is -0.339 e. The molecule has 0 N–H and O–H groups in total. The second-order valence-electron chi connectivity index (χ2n) is 6.84. The molecule has 1 aromatic heterocycles. The molecule has 1 unspecified atom stereocenters. The van der Waals surface area contributed by atoms with Crippen LogP contribution in [0.15, 0.2) is 47.0 Å². The fourth-order valence-corrected chi connectivity index (χ4v) is 5.58. The molecule has 1 saturated heterocycles. The van der Waals surface area contributed by atoms with Crippen molar-refractivity contribution in [2.24, 2.45) is 0 Å². The first-order valence-electron chi connectivity index (χ1n) is 7.90. The highest BCUT2D eigenvalue weighted by Gasteiger charge is 2.50. The van der Waals surface area contributed by atoms with Gasteiger partial charge in [-0.05, 0) is 23.3 Å². The van der Waals surface area contributed by atoms with Gasteiger partial charge in [-0.3, -0.25) is 0 Å². The van der Waals surface area contributed by atoms with Crippen LogP contribution in [-0.4, -0.2) is 30.1 Å². The maximum Gasteiger partial charge on any atom is 0.234 e. The van der Waals surface area contributed by atoms with Gasteiger partial charge in [-0.15, -0.1) is 0 Å². The van der Waals surface area contributed by atoms with Crippen LogP contribution < -0.4 is 0 Å². The van der Waals surface area contributed by atoms with Gasteiger partial charge in [0, 0.05) is 5.92 Å². The summed E-state index contributed by atoms with van der Waals surface area (Å²) in [5, 5.41) is 6.45. The Morgan fingerprint density at radius 2 is 1.83 bits per heavy atom. The van der Waals surface area contributed by atoms with Gasteiger partial charge in [0.25, 0.3) is 0 Å². The first-order chi connectivity index (χ1) is 11.4. The molecule has 0 amide bonds. The third-order valence-corrected chi connectivity index (χ3v) is 6.87.